The predicted molar refractivity (Wildman–Crippen MR) is 109 cm³/mol. The van der Waals surface area contributed by atoms with Gasteiger partial charge in [-0.2, -0.15) is 0 Å². The lowest BCUT2D eigenvalue weighted by Crippen LogP contribution is -2.38. The zero-order valence-corrected chi connectivity index (χ0v) is 17.5. The van der Waals surface area contributed by atoms with E-state index in [0.29, 0.717) is 17.6 Å². The Hall–Kier alpha value is -2.14. The van der Waals surface area contributed by atoms with Gasteiger partial charge in [0.05, 0.1) is 5.57 Å². The second kappa shape index (κ2) is 7.47. The highest BCUT2D eigenvalue weighted by Crippen LogP contribution is 2.47. The smallest absolute Gasteiger partial charge is 0.337 e. The first-order valence-corrected chi connectivity index (χ1v) is 9.80. The maximum Gasteiger partial charge on any atom is 0.337 e. The van der Waals surface area contributed by atoms with Crippen molar-refractivity contribution in [1.82, 2.24) is 5.32 Å². The molecule has 0 radical (unpaired) electrons. The number of nitrogens with one attached hydrogen (secondary N) is 1. The monoisotopic (exact) mass is 429 g/mol. The Balaban J connectivity index is 2.15. The number of dihydropyridines is 1. The minimum Gasteiger partial charge on any atom is -0.458 e. The van der Waals surface area contributed by atoms with E-state index in [1.807, 2.05) is 31.2 Å². The highest BCUT2D eigenvalue weighted by molar-refractivity contribution is 9.10. The molecule has 1 N–H and O–H groups in total. The van der Waals surface area contributed by atoms with E-state index in [9.17, 15) is 9.59 Å². The van der Waals surface area contributed by atoms with Crippen LogP contribution in [0.2, 0.25) is 0 Å². The van der Waals surface area contributed by atoms with E-state index in [0.717, 1.165) is 27.9 Å². The second-order valence-electron chi connectivity index (χ2n) is 7.87. The van der Waals surface area contributed by atoms with E-state index in [2.05, 4.69) is 41.7 Å². The third-order valence-corrected chi connectivity index (χ3v) is 5.47. The van der Waals surface area contributed by atoms with E-state index in [4.69, 9.17) is 4.74 Å². The summed E-state index contributed by atoms with van der Waals surface area (Å²) in [6, 6.07) is 7.76. The van der Waals surface area contributed by atoms with Crippen LogP contribution in [0.3, 0.4) is 0 Å². The first-order chi connectivity index (χ1) is 12.7. The fourth-order valence-corrected chi connectivity index (χ4v) is 4.36. The van der Waals surface area contributed by atoms with E-state index >= 15 is 0 Å². The number of hydrogen-bond acceptors (Lipinski definition) is 4. The molecule has 27 heavy (non-hydrogen) atoms. The Morgan fingerprint density at radius 1 is 1.41 bits per heavy atom. The van der Waals surface area contributed by atoms with Gasteiger partial charge in [0.25, 0.3) is 0 Å². The Morgan fingerprint density at radius 2 is 2.15 bits per heavy atom. The van der Waals surface area contributed by atoms with Crippen molar-refractivity contribution in [1.29, 1.82) is 0 Å². The molecule has 1 atom stereocenters. The summed E-state index contributed by atoms with van der Waals surface area (Å²) in [5.41, 5.74) is 3.62. The summed E-state index contributed by atoms with van der Waals surface area (Å²) in [5.74, 6) is -0.769. The molecule has 4 nitrogen and oxygen atoms in total. The van der Waals surface area contributed by atoms with E-state index in [1.165, 1.54) is 6.08 Å². The number of carbonyl (C=O) groups excluding carboxylic acids is 2. The first-order valence-electron chi connectivity index (χ1n) is 9.01. The van der Waals surface area contributed by atoms with Crippen LogP contribution in [0.5, 0.6) is 0 Å². The van der Waals surface area contributed by atoms with Gasteiger partial charge >= 0.3 is 5.97 Å². The molecule has 2 aliphatic rings. The lowest BCUT2D eigenvalue weighted by Gasteiger charge is -2.39. The molecular formula is C22H24BrNO3. The van der Waals surface area contributed by atoms with Crippen LogP contribution in [0.4, 0.5) is 0 Å². The predicted octanol–water partition coefficient (Wildman–Crippen LogP) is 4.78. The van der Waals surface area contributed by atoms with Crippen molar-refractivity contribution < 1.29 is 14.3 Å². The highest BCUT2D eigenvalue weighted by atomic mass is 79.9. The molecule has 142 valence electrons. The van der Waals surface area contributed by atoms with Crippen LogP contribution in [0.25, 0.3) is 0 Å². The number of benzene rings is 1. The molecule has 0 unspecified atom stereocenters. The molecule has 0 saturated heterocycles. The number of rotatable bonds is 4. The van der Waals surface area contributed by atoms with Gasteiger partial charge in [-0.05, 0) is 36.5 Å². The fourth-order valence-electron chi connectivity index (χ4n) is 3.94. The maximum atomic E-state index is 13.1. The average Bonchev–Trinajstić information content (AvgIpc) is 2.57. The molecule has 1 aliphatic heterocycles. The fraction of sp³-hybridized carbons (Fsp3) is 0.364. The molecule has 0 saturated carbocycles. The van der Waals surface area contributed by atoms with Gasteiger partial charge in [-0.3, -0.25) is 4.79 Å². The van der Waals surface area contributed by atoms with Crippen LogP contribution in [-0.4, -0.2) is 18.4 Å². The van der Waals surface area contributed by atoms with Gasteiger partial charge < -0.3 is 10.1 Å². The molecule has 0 amide bonds. The van der Waals surface area contributed by atoms with Crippen molar-refractivity contribution in [2.24, 2.45) is 5.41 Å². The van der Waals surface area contributed by atoms with Crippen LogP contribution in [0.1, 0.15) is 45.1 Å². The summed E-state index contributed by atoms with van der Waals surface area (Å²) in [4.78, 5) is 25.9. The number of ketones is 1. The third-order valence-electron chi connectivity index (χ3n) is 4.97. The van der Waals surface area contributed by atoms with Crippen LogP contribution in [0, 0.1) is 5.41 Å². The van der Waals surface area contributed by atoms with Gasteiger partial charge in [-0.15, -0.1) is 0 Å². The normalized spacial score (nSPS) is 21.5. The second-order valence-corrected chi connectivity index (χ2v) is 8.79. The zero-order chi connectivity index (χ0) is 19.8. The van der Waals surface area contributed by atoms with Gasteiger partial charge in [0, 0.05) is 33.8 Å². The van der Waals surface area contributed by atoms with Gasteiger partial charge in [0.1, 0.15) is 6.61 Å². The van der Waals surface area contributed by atoms with Crippen molar-refractivity contribution in [2.45, 2.75) is 39.5 Å². The van der Waals surface area contributed by atoms with Crippen molar-refractivity contribution in [3.63, 3.8) is 0 Å². The Kier molecular flexibility index (Phi) is 5.43. The Morgan fingerprint density at radius 3 is 2.81 bits per heavy atom. The summed E-state index contributed by atoms with van der Waals surface area (Å²) in [7, 11) is 0. The molecule has 1 aliphatic carbocycles. The molecule has 0 bridgehead atoms. The molecule has 1 aromatic rings. The van der Waals surface area contributed by atoms with Crippen LogP contribution in [-0.2, 0) is 14.3 Å². The van der Waals surface area contributed by atoms with Crippen molar-refractivity contribution in [3.8, 4) is 0 Å². The molecule has 1 heterocycles. The van der Waals surface area contributed by atoms with Gasteiger partial charge in [0.15, 0.2) is 5.78 Å². The number of Topliss-reactive ketones (excluding diaryl/α,β-unsaturated/α-hetero) is 1. The lowest BCUT2D eigenvalue weighted by atomic mass is 9.68. The molecule has 1 aromatic carbocycles. The molecule has 5 heteroatoms. The number of halogens is 1. The summed E-state index contributed by atoms with van der Waals surface area (Å²) in [6.45, 7) is 9.79. The SMILES string of the molecule is C=CCOC(=O)C1=C(C)NC2=C(C(=O)CC(C)(C)C2)[C@H]1c1cccc(Br)c1. The van der Waals surface area contributed by atoms with Crippen molar-refractivity contribution in [2.75, 3.05) is 6.61 Å². The molecule has 0 fully saturated rings. The molecule has 3 rings (SSSR count). The standard InChI is InChI=1S/C22H24BrNO3/c1-5-9-27-21(26)18-13(2)24-16-11-22(3,4)12-17(25)20(16)19(18)14-7-6-8-15(23)10-14/h5-8,10,19,24H,1,9,11-12H2,2-4H3/t19-/m0/s1. The van der Waals surface area contributed by atoms with Crippen molar-refractivity contribution >= 4 is 27.7 Å². The topological polar surface area (TPSA) is 55.4 Å². The average molecular weight is 430 g/mol. The van der Waals surface area contributed by atoms with Gasteiger partial charge in [-0.25, -0.2) is 4.79 Å². The number of esters is 1. The highest BCUT2D eigenvalue weighted by Gasteiger charge is 2.43. The van der Waals surface area contributed by atoms with E-state index in [1.54, 1.807) is 0 Å². The van der Waals surface area contributed by atoms with Gasteiger partial charge in [-0.1, -0.05) is 54.6 Å². The quantitative estimate of drug-likeness (QED) is 0.552. The summed E-state index contributed by atoms with van der Waals surface area (Å²) < 4.78 is 6.24. The minimum atomic E-state index is -0.431. The van der Waals surface area contributed by atoms with Crippen molar-refractivity contribution in [3.05, 3.63) is 69.5 Å². The Bertz CT molecular complexity index is 879. The van der Waals surface area contributed by atoms with Gasteiger partial charge in [0.2, 0.25) is 0 Å². The van der Waals surface area contributed by atoms with Crippen LogP contribution < -0.4 is 5.32 Å². The number of carbonyl (C=O) groups is 2. The molecular weight excluding hydrogens is 406 g/mol. The van der Waals surface area contributed by atoms with Crippen LogP contribution in [0.15, 0.2) is 63.9 Å². The lowest BCUT2D eigenvalue weighted by molar-refractivity contribution is -0.138. The Labute approximate surface area is 168 Å². The largest absolute Gasteiger partial charge is 0.458 e. The first kappa shape index (κ1) is 19.6. The molecule has 0 aromatic heterocycles. The third kappa shape index (κ3) is 3.93. The zero-order valence-electron chi connectivity index (χ0n) is 15.9. The van der Waals surface area contributed by atoms with Crippen LogP contribution >= 0.6 is 15.9 Å². The summed E-state index contributed by atoms with van der Waals surface area (Å²) >= 11 is 3.50. The van der Waals surface area contributed by atoms with E-state index in [-0.39, 0.29) is 17.8 Å². The molecule has 0 spiro atoms. The maximum absolute atomic E-state index is 13.1. The van der Waals surface area contributed by atoms with E-state index < -0.39 is 11.9 Å². The summed E-state index contributed by atoms with van der Waals surface area (Å²) in [6.07, 6.45) is 2.77. The number of allylic oxidation sites excluding steroid dienone is 3. The number of ether oxygens (including phenoxy) is 1. The number of hydrogen-bond donors (Lipinski definition) is 1. The minimum absolute atomic E-state index is 0.0836. The summed E-state index contributed by atoms with van der Waals surface area (Å²) in [5, 5.41) is 3.33.